The van der Waals surface area contributed by atoms with Gasteiger partial charge in [-0.25, -0.2) is 0 Å². The Kier molecular flexibility index (Phi) is 12.0. The second kappa shape index (κ2) is 13.4. The molecule has 0 atom stereocenters. The molecule has 0 saturated carbocycles. The molecule has 0 bridgehead atoms. The van der Waals surface area contributed by atoms with Crippen LogP contribution < -0.4 is 5.32 Å². The van der Waals surface area contributed by atoms with Gasteiger partial charge in [0.15, 0.2) is 0 Å². The summed E-state index contributed by atoms with van der Waals surface area (Å²) in [6.45, 7) is 21.7. The van der Waals surface area contributed by atoms with E-state index in [4.69, 9.17) is 23.8 Å². The van der Waals surface area contributed by atoms with Gasteiger partial charge in [0.25, 0.3) is 0 Å². The third kappa shape index (κ3) is 9.55. The van der Waals surface area contributed by atoms with Crippen LogP contribution in [0.2, 0.25) is 5.02 Å². The number of rotatable bonds is 9. The van der Waals surface area contributed by atoms with Crippen molar-refractivity contribution in [3.05, 3.63) is 75.3 Å². The van der Waals surface area contributed by atoms with Gasteiger partial charge in [0.2, 0.25) is 0 Å². The first-order chi connectivity index (χ1) is 15.8. The lowest BCUT2D eigenvalue weighted by Gasteiger charge is -2.32. The number of halogens is 1. The predicted molar refractivity (Wildman–Crippen MR) is 158 cm³/mol. The molecule has 1 nitrogen and oxygen atoms in total. The highest BCUT2D eigenvalue weighted by molar-refractivity contribution is 7.80. The van der Waals surface area contributed by atoms with Crippen LogP contribution in [0.25, 0.3) is 5.70 Å². The molecule has 0 spiro atoms. The topological polar surface area (TPSA) is 12.0 Å². The molecule has 2 aromatic rings. The van der Waals surface area contributed by atoms with Crippen LogP contribution in [-0.2, 0) is 12.8 Å². The fourth-order valence-electron chi connectivity index (χ4n) is 3.79. The quantitative estimate of drug-likeness (QED) is 0.344. The fourth-order valence-corrected chi connectivity index (χ4v) is 3.98. The number of nitrogens with one attached hydrogen (secondary N) is 1. The van der Waals surface area contributed by atoms with E-state index >= 15 is 0 Å². The van der Waals surface area contributed by atoms with Crippen molar-refractivity contribution in [2.45, 2.75) is 100 Å². The molecule has 2 aromatic carbocycles. The van der Waals surface area contributed by atoms with E-state index in [2.05, 4.69) is 91.0 Å². The molecule has 0 fully saturated rings. The van der Waals surface area contributed by atoms with Crippen LogP contribution in [-0.4, -0.2) is 10.4 Å². The molecule has 0 aromatic heterocycles. The Morgan fingerprint density at radius 1 is 0.941 bits per heavy atom. The average Bonchev–Trinajstić information content (AvgIpc) is 2.77. The Morgan fingerprint density at radius 2 is 1.50 bits per heavy atom. The number of allylic oxidation sites excluding steroid dienone is 1. The van der Waals surface area contributed by atoms with Crippen molar-refractivity contribution in [2.75, 3.05) is 0 Å². The monoisotopic (exact) mass is 499 g/mol. The van der Waals surface area contributed by atoms with Gasteiger partial charge in [-0.05, 0) is 111 Å². The van der Waals surface area contributed by atoms with E-state index in [-0.39, 0.29) is 11.0 Å². The summed E-state index contributed by atoms with van der Waals surface area (Å²) in [7, 11) is 0. The lowest BCUT2D eigenvalue weighted by molar-refractivity contribution is 0.485. The van der Waals surface area contributed by atoms with Crippen LogP contribution in [0.3, 0.4) is 0 Å². The maximum absolute atomic E-state index is 6.11. The zero-order valence-corrected chi connectivity index (χ0v) is 24.7. The highest BCUT2D eigenvalue weighted by Crippen LogP contribution is 2.35. The minimum Gasteiger partial charge on any atom is -0.380 e. The maximum atomic E-state index is 6.11. The molecule has 34 heavy (non-hydrogen) atoms. The summed E-state index contributed by atoms with van der Waals surface area (Å²) in [6.07, 6.45) is 3.91. The fraction of sp³-hybridized carbons (Fsp3) is 0.516. The Labute approximate surface area is 220 Å². The predicted octanol–water partition coefficient (Wildman–Crippen LogP) is 9.78. The Bertz CT molecular complexity index is 962. The molecule has 0 aliphatic rings. The van der Waals surface area contributed by atoms with E-state index in [1.165, 1.54) is 33.5 Å². The van der Waals surface area contributed by atoms with Gasteiger partial charge in [-0.2, -0.15) is 0 Å². The first-order valence-corrected chi connectivity index (χ1v) is 13.5. The number of hydrogen-bond acceptors (Lipinski definition) is 2. The van der Waals surface area contributed by atoms with E-state index in [0.717, 1.165) is 35.6 Å². The summed E-state index contributed by atoms with van der Waals surface area (Å²) in [4.78, 5) is 1.05. The first kappa shape index (κ1) is 30.4. The van der Waals surface area contributed by atoms with Crippen molar-refractivity contribution in [1.82, 2.24) is 5.32 Å². The minimum absolute atomic E-state index is 0.0492. The maximum Gasteiger partial charge on any atom is 0.0412 e. The molecule has 3 heteroatoms. The van der Waals surface area contributed by atoms with Gasteiger partial charge in [0.1, 0.15) is 0 Å². The second-order valence-corrected chi connectivity index (χ2v) is 11.6. The van der Waals surface area contributed by atoms with E-state index in [1.807, 2.05) is 26.0 Å². The summed E-state index contributed by atoms with van der Waals surface area (Å²) < 4.78 is 0. The molecule has 188 valence electrons. The summed E-state index contributed by atoms with van der Waals surface area (Å²) in [5.74, 6) is 0. The summed E-state index contributed by atoms with van der Waals surface area (Å²) in [5.41, 5.74) is 7.87. The van der Waals surface area contributed by atoms with Crippen molar-refractivity contribution < 1.29 is 0 Å². The molecular weight excluding hydrogens is 454 g/mol. The van der Waals surface area contributed by atoms with Gasteiger partial charge >= 0.3 is 0 Å². The number of benzene rings is 2. The van der Waals surface area contributed by atoms with Gasteiger partial charge in [0.05, 0.1) is 0 Å². The van der Waals surface area contributed by atoms with Crippen molar-refractivity contribution >= 4 is 34.4 Å². The molecule has 0 radical (unpaired) electrons. The van der Waals surface area contributed by atoms with Crippen LogP contribution >= 0.6 is 23.8 Å². The lowest BCUT2D eigenvalue weighted by Crippen LogP contribution is -2.36. The Balaban J connectivity index is 0.00000281. The highest BCUT2D eigenvalue weighted by Gasteiger charge is 2.26. The van der Waals surface area contributed by atoms with Crippen molar-refractivity contribution in [2.24, 2.45) is 5.41 Å². The van der Waals surface area contributed by atoms with Gasteiger partial charge in [-0.15, -0.1) is 0 Å². The minimum atomic E-state index is -0.0499. The summed E-state index contributed by atoms with van der Waals surface area (Å²) in [6, 6.07) is 15.1. The normalized spacial score (nSPS) is 12.4. The molecule has 0 saturated heterocycles. The van der Waals surface area contributed by atoms with Crippen LogP contribution in [0.15, 0.2) is 48.0 Å². The van der Waals surface area contributed by atoms with Crippen LogP contribution in [0.4, 0.5) is 0 Å². The van der Waals surface area contributed by atoms with Crippen LogP contribution in [0.5, 0.6) is 0 Å². The lowest BCUT2D eigenvalue weighted by atomic mass is 9.79. The zero-order chi connectivity index (χ0) is 26.1. The Hall–Kier alpha value is -1.64. The van der Waals surface area contributed by atoms with Crippen LogP contribution in [0, 0.1) is 12.3 Å². The zero-order valence-electron chi connectivity index (χ0n) is 23.2. The van der Waals surface area contributed by atoms with Gasteiger partial charge in [-0.1, -0.05) is 82.7 Å². The molecule has 0 aliphatic carbocycles. The third-order valence-electron chi connectivity index (χ3n) is 6.07. The molecule has 0 aliphatic heterocycles. The van der Waals surface area contributed by atoms with Crippen molar-refractivity contribution in [3.8, 4) is 0 Å². The standard InChI is InChI=1S/C29H40ClNS.C2H6/c1-9-22-11-10-20(2)26(18-22)27(31-28(4,5)6)24(19-29(7,8)21(3)32)15-12-23-13-16-25(30)17-14-23;1-2/h10-11,13-14,16-18,31H,9,12,15,19H2,1-8H3;1-2H3/b27-24-;. The summed E-state index contributed by atoms with van der Waals surface area (Å²) >= 11 is 11.8. The molecule has 0 heterocycles. The number of hydrogen-bond donors (Lipinski definition) is 1. The Morgan fingerprint density at radius 3 is 2.00 bits per heavy atom. The van der Waals surface area contributed by atoms with Crippen molar-refractivity contribution in [3.63, 3.8) is 0 Å². The summed E-state index contributed by atoms with van der Waals surface area (Å²) in [5, 5.41) is 4.67. The number of thiocarbonyl (C=S) groups is 1. The first-order valence-electron chi connectivity index (χ1n) is 12.7. The second-order valence-electron chi connectivity index (χ2n) is 10.6. The van der Waals surface area contributed by atoms with Crippen LogP contribution in [0.1, 0.15) is 97.4 Å². The third-order valence-corrected chi connectivity index (χ3v) is 6.87. The van der Waals surface area contributed by atoms with Gasteiger partial charge in [0, 0.05) is 21.8 Å². The van der Waals surface area contributed by atoms with Gasteiger partial charge in [-0.3, -0.25) is 0 Å². The number of aryl methyl sites for hydroxylation is 3. The van der Waals surface area contributed by atoms with E-state index in [1.54, 1.807) is 0 Å². The molecule has 0 amide bonds. The molecular formula is C31H46ClNS. The largest absolute Gasteiger partial charge is 0.380 e. The van der Waals surface area contributed by atoms with E-state index in [0.29, 0.717) is 0 Å². The van der Waals surface area contributed by atoms with E-state index < -0.39 is 0 Å². The average molecular weight is 500 g/mol. The molecule has 2 rings (SSSR count). The smallest absolute Gasteiger partial charge is 0.0412 e. The van der Waals surface area contributed by atoms with Gasteiger partial charge < -0.3 is 5.32 Å². The molecule has 1 N–H and O–H groups in total. The van der Waals surface area contributed by atoms with Crippen molar-refractivity contribution in [1.29, 1.82) is 0 Å². The highest BCUT2D eigenvalue weighted by atomic mass is 35.5. The molecule has 0 unspecified atom stereocenters. The van der Waals surface area contributed by atoms with E-state index in [9.17, 15) is 0 Å². The SMILES string of the molecule is CC.CCc1ccc(C)c(/C(NC(C)(C)C)=C(\CCc2ccc(Cl)cc2)CC(C)(C)C(C)=S)c1.